The summed E-state index contributed by atoms with van der Waals surface area (Å²) in [5.74, 6) is -2.92. The van der Waals surface area contributed by atoms with Crippen molar-refractivity contribution in [3.05, 3.63) is 76.5 Å². The average molecular weight is 458 g/mol. The van der Waals surface area contributed by atoms with Crippen LogP contribution < -0.4 is 5.32 Å². The lowest BCUT2D eigenvalue weighted by Crippen LogP contribution is -2.49. The van der Waals surface area contributed by atoms with E-state index in [2.05, 4.69) is 5.32 Å². The molecular formula is C25H28ClNO5. The highest BCUT2D eigenvalue weighted by Crippen LogP contribution is 2.48. The molecule has 32 heavy (non-hydrogen) atoms. The fourth-order valence-electron chi connectivity index (χ4n) is 4.19. The van der Waals surface area contributed by atoms with Gasteiger partial charge in [0.05, 0.1) is 30.3 Å². The van der Waals surface area contributed by atoms with Crippen LogP contribution in [-0.2, 0) is 19.1 Å². The molecule has 2 aromatic rings. The Morgan fingerprint density at radius 3 is 2.28 bits per heavy atom. The maximum Gasteiger partial charge on any atom is 0.336 e. The van der Waals surface area contributed by atoms with Crippen molar-refractivity contribution in [3.63, 3.8) is 0 Å². The van der Waals surface area contributed by atoms with E-state index in [1.807, 2.05) is 30.3 Å². The molecule has 3 rings (SSSR count). The number of nitrogens with one attached hydrogen (secondary N) is 1. The van der Waals surface area contributed by atoms with E-state index < -0.39 is 29.4 Å². The van der Waals surface area contributed by atoms with Gasteiger partial charge in [0.1, 0.15) is 0 Å². The fourth-order valence-corrected chi connectivity index (χ4v) is 4.32. The number of carbonyl (C=O) groups excluding carboxylic acids is 2. The zero-order valence-electron chi connectivity index (χ0n) is 18.4. The molecule has 0 spiro atoms. The van der Waals surface area contributed by atoms with Crippen molar-refractivity contribution in [1.82, 2.24) is 0 Å². The second-order valence-electron chi connectivity index (χ2n) is 7.90. The molecule has 1 aliphatic carbocycles. The number of rotatable bonds is 7. The predicted molar refractivity (Wildman–Crippen MR) is 123 cm³/mol. The van der Waals surface area contributed by atoms with Crippen LogP contribution >= 0.6 is 11.6 Å². The molecule has 0 aromatic heterocycles. The largest absolute Gasteiger partial charge is 0.466 e. The van der Waals surface area contributed by atoms with E-state index in [4.69, 9.17) is 21.1 Å². The Bertz CT molecular complexity index is 985. The van der Waals surface area contributed by atoms with Gasteiger partial charge in [-0.1, -0.05) is 41.9 Å². The second-order valence-corrected chi connectivity index (χ2v) is 8.33. The SMILES string of the molecule is CCOC(=O)C1=C(Nc2ccccc2)C[C@@](C)(O)[C@H](C(=O)OCC)[C@@H]1c1ccc(Cl)cc1. The lowest BCUT2D eigenvalue weighted by atomic mass is 9.66. The first-order valence-corrected chi connectivity index (χ1v) is 11.0. The van der Waals surface area contributed by atoms with Gasteiger partial charge in [0.25, 0.3) is 0 Å². The third-order valence-electron chi connectivity index (χ3n) is 5.51. The maximum atomic E-state index is 13.2. The van der Waals surface area contributed by atoms with E-state index >= 15 is 0 Å². The molecule has 0 unspecified atom stereocenters. The molecule has 0 amide bonds. The van der Waals surface area contributed by atoms with Gasteiger partial charge >= 0.3 is 11.9 Å². The topological polar surface area (TPSA) is 84.9 Å². The summed E-state index contributed by atoms with van der Waals surface area (Å²) in [5, 5.41) is 15.2. The van der Waals surface area contributed by atoms with Gasteiger partial charge < -0.3 is 19.9 Å². The molecule has 0 heterocycles. The van der Waals surface area contributed by atoms with Crippen LogP contribution in [0.25, 0.3) is 0 Å². The summed E-state index contributed by atoms with van der Waals surface area (Å²) >= 11 is 6.08. The second kappa shape index (κ2) is 10.2. The van der Waals surface area contributed by atoms with Crippen LogP contribution in [0.5, 0.6) is 0 Å². The van der Waals surface area contributed by atoms with Crippen LogP contribution in [0.3, 0.4) is 0 Å². The monoisotopic (exact) mass is 457 g/mol. The summed E-state index contributed by atoms with van der Waals surface area (Å²) in [4.78, 5) is 26.3. The van der Waals surface area contributed by atoms with Gasteiger partial charge in [-0.3, -0.25) is 4.79 Å². The Balaban J connectivity index is 2.23. The van der Waals surface area contributed by atoms with Crippen molar-refractivity contribution < 1.29 is 24.2 Å². The molecular weight excluding hydrogens is 430 g/mol. The van der Waals surface area contributed by atoms with E-state index in [1.165, 1.54) is 0 Å². The molecule has 0 aliphatic heterocycles. The molecule has 0 saturated carbocycles. The first-order chi connectivity index (χ1) is 15.3. The molecule has 0 fully saturated rings. The van der Waals surface area contributed by atoms with Crippen LogP contribution in [0.15, 0.2) is 65.9 Å². The highest BCUT2D eigenvalue weighted by molar-refractivity contribution is 6.30. The minimum Gasteiger partial charge on any atom is -0.466 e. The third kappa shape index (κ3) is 5.14. The minimum absolute atomic E-state index is 0.0453. The van der Waals surface area contributed by atoms with Gasteiger partial charge in [-0.15, -0.1) is 0 Å². The number of esters is 2. The van der Waals surface area contributed by atoms with Crippen molar-refractivity contribution in [2.75, 3.05) is 18.5 Å². The molecule has 2 N–H and O–H groups in total. The molecule has 3 atom stereocenters. The lowest BCUT2D eigenvalue weighted by molar-refractivity contribution is -0.159. The average Bonchev–Trinajstić information content (AvgIpc) is 2.74. The highest BCUT2D eigenvalue weighted by atomic mass is 35.5. The molecule has 6 nitrogen and oxygen atoms in total. The Kier molecular flexibility index (Phi) is 7.59. The van der Waals surface area contributed by atoms with Crippen LogP contribution in [0.2, 0.25) is 5.02 Å². The lowest BCUT2D eigenvalue weighted by Gasteiger charge is -2.43. The summed E-state index contributed by atoms with van der Waals surface area (Å²) in [6.45, 7) is 5.35. The van der Waals surface area contributed by atoms with Crippen molar-refractivity contribution in [3.8, 4) is 0 Å². The van der Waals surface area contributed by atoms with Gasteiger partial charge in [-0.25, -0.2) is 4.79 Å². The Hall–Kier alpha value is -2.83. The third-order valence-corrected chi connectivity index (χ3v) is 5.76. The van der Waals surface area contributed by atoms with Gasteiger partial charge in [-0.2, -0.15) is 0 Å². The number of para-hydroxylation sites is 1. The van der Waals surface area contributed by atoms with Crippen molar-refractivity contribution in [2.24, 2.45) is 5.92 Å². The number of halogens is 1. The molecule has 0 radical (unpaired) electrons. The predicted octanol–water partition coefficient (Wildman–Crippen LogP) is 4.69. The minimum atomic E-state index is -1.48. The van der Waals surface area contributed by atoms with Crippen LogP contribution in [0.1, 0.15) is 38.7 Å². The van der Waals surface area contributed by atoms with Crippen LogP contribution in [-0.4, -0.2) is 35.9 Å². The van der Waals surface area contributed by atoms with E-state index in [-0.39, 0.29) is 19.6 Å². The van der Waals surface area contributed by atoms with E-state index in [9.17, 15) is 14.7 Å². The molecule has 0 saturated heterocycles. The summed E-state index contributed by atoms with van der Waals surface area (Å²) in [6, 6.07) is 16.2. The number of anilines is 1. The molecule has 1 aliphatic rings. The van der Waals surface area contributed by atoms with Crippen molar-refractivity contribution in [1.29, 1.82) is 0 Å². The fraction of sp³-hybridized carbons (Fsp3) is 0.360. The van der Waals surface area contributed by atoms with Crippen LogP contribution in [0, 0.1) is 5.92 Å². The Labute approximate surface area is 193 Å². The number of aliphatic hydroxyl groups is 1. The molecule has 0 bridgehead atoms. The highest BCUT2D eigenvalue weighted by Gasteiger charge is 2.52. The Morgan fingerprint density at radius 1 is 1.06 bits per heavy atom. The zero-order valence-corrected chi connectivity index (χ0v) is 19.2. The van der Waals surface area contributed by atoms with Crippen molar-refractivity contribution in [2.45, 2.75) is 38.7 Å². The van der Waals surface area contributed by atoms with Gasteiger partial charge in [-0.05, 0) is 50.6 Å². The number of hydrogen-bond donors (Lipinski definition) is 2. The zero-order chi connectivity index (χ0) is 23.3. The van der Waals surface area contributed by atoms with E-state index in [0.717, 1.165) is 5.69 Å². The van der Waals surface area contributed by atoms with Gasteiger partial charge in [0, 0.05) is 28.7 Å². The van der Waals surface area contributed by atoms with Crippen molar-refractivity contribution >= 4 is 29.2 Å². The quantitative estimate of drug-likeness (QED) is 0.587. The van der Waals surface area contributed by atoms with Gasteiger partial charge in [0.2, 0.25) is 0 Å². The summed E-state index contributed by atoms with van der Waals surface area (Å²) in [7, 11) is 0. The molecule has 2 aromatic carbocycles. The maximum absolute atomic E-state index is 13.2. The molecule has 170 valence electrons. The first kappa shape index (κ1) is 23.8. The molecule has 7 heteroatoms. The smallest absolute Gasteiger partial charge is 0.336 e. The number of carbonyl (C=O) groups is 2. The van der Waals surface area contributed by atoms with Gasteiger partial charge in [0.15, 0.2) is 0 Å². The first-order valence-electron chi connectivity index (χ1n) is 10.6. The van der Waals surface area contributed by atoms with Crippen LogP contribution in [0.4, 0.5) is 5.69 Å². The standard InChI is InChI=1S/C25H28ClNO5/c1-4-31-23(28)21-19(27-18-9-7-6-8-10-18)15-25(3,30)22(24(29)32-5-2)20(21)16-11-13-17(26)14-12-16/h6-14,20,22,27,30H,4-5,15H2,1-3H3/t20-,22+,25-/m1/s1. The summed E-state index contributed by atoms with van der Waals surface area (Å²) < 4.78 is 10.7. The number of benzene rings is 2. The number of ether oxygens (including phenoxy) is 2. The normalized spacial score (nSPS) is 22.9. The summed E-state index contributed by atoms with van der Waals surface area (Å²) in [6.07, 6.45) is 0.0453. The summed E-state index contributed by atoms with van der Waals surface area (Å²) in [5.41, 5.74) is 0.721. The van der Waals surface area contributed by atoms with E-state index in [1.54, 1.807) is 45.0 Å². The Morgan fingerprint density at radius 2 is 1.69 bits per heavy atom. The van der Waals surface area contributed by atoms with E-state index in [0.29, 0.717) is 21.9 Å². The number of hydrogen-bond acceptors (Lipinski definition) is 6.